The summed E-state index contributed by atoms with van der Waals surface area (Å²) in [4.78, 5) is 31.3. The minimum absolute atomic E-state index is 0.173. The van der Waals surface area contributed by atoms with Crippen LogP contribution < -0.4 is 14.2 Å². The zero-order valence-electron chi connectivity index (χ0n) is 32.5. The minimum Gasteiger partial charge on any atom is -0.744 e. The lowest BCUT2D eigenvalue weighted by atomic mass is 10.2. The van der Waals surface area contributed by atoms with Crippen LogP contribution in [-0.2, 0) is 46.7 Å². The van der Waals surface area contributed by atoms with Crippen LogP contribution in [0, 0.1) is 6.92 Å². The molecular weight excluding hydrogens is 755 g/mol. The average molecular weight is 802 g/mol. The molecule has 5 rings (SSSR count). The Morgan fingerprint density at radius 2 is 0.964 bits per heavy atom. The molecule has 0 atom stereocenters. The fraction of sp³-hybridized carbons (Fsp3) is 0.279. The Morgan fingerprint density at radius 3 is 1.32 bits per heavy atom. The maximum absolute atomic E-state index is 12.1. The SMILES string of the molecule is CC(C)(C)OC(=O)COc1ccc([S+](c2ccc(OCC(=O)OC(C)(C)C)cc2)c2ccc(OCc3ccncc3)cc2)cc1.Cc1ccc(S(=O)(=O)[O-])cc1. The fourth-order valence-corrected chi connectivity index (χ4v) is 7.31. The van der Waals surface area contributed by atoms with Gasteiger partial charge in [-0.25, -0.2) is 18.0 Å². The second-order valence-electron chi connectivity index (χ2n) is 14.4. The van der Waals surface area contributed by atoms with Crippen LogP contribution in [0.5, 0.6) is 17.2 Å². The highest BCUT2D eigenvalue weighted by Gasteiger charge is 2.29. The monoisotopic (exact) mass is 801 g/mol. The number of aryl methyl sites for hydroxylation is 1. The van der Waals surface area contributed by atoms with Gasteiger partial charge in [0.25, 0.3) is 0 Å². The number of esters is 2. The van der Waals surface area contributed by atoms with Crippen molar-refractivity contribution in [3.63, 3.8) is 0 Å². The Hall–Kier alpha value is -5.37. The summed E-state index contributed by atoms with van der Waals surface area (Å²) in [6.45, 7) is 12.8. The second kappa shape index (κ2) is 19.5. The minimum atomic E-state index is -4.27. The number of nitrogens with zero attached hydrogens (tertiary/aromatic N) is 1. The van der Waals surface area contributed by atoms with Gasteiger partial charge in [-0.05, 0) is 151 Å². The van der Waals surface area contributed by atoms with Crippen molar-refractivity contribution in [2.75, 3.05) is 13.2 Å². The molecule has 0 spiro atoms. The van der Waals surface area contributed by atoms with E-state index in [-0.39, 0.29) is 18.1 Å². The van der Waals surface area contributed by atoms with Gasteiger partial charge in [-0.15, -0.1) is 0 Å². The average Bonchev–Trinajstić information content (AvgIpc) is 3.13. The third-order valence-corrected chi connectivity index (χ3v) is 10.3. The number of aromatic nitrogens is 1. The molecule has 1 aromatic heterocycles. The first-order valence-corrected chi connectivity index (χ1v) is 20.3. The zero-order valence-corrected chi connectivity index (χ0v) is 34.1. The number of hydrogen-bond donors (Lipinski definition) is 0. The Kier molecular flexibility index (Phi) is 15.1. The molecule has 0 fully saturated rings. The van der Waals surface area contributed by atoms with Gasteiger partial charge in [0.1, 0.15) is 45.2 Å². The van der Waals surface area contributed by atoms with Gasteiger partial charge in [0.2, 0.25) is 0 Å². The summed E-state index contributed by atoms with van der Waals surface area (Å²) < 4.78 is 59.2. The maximum atomic E-state index is 12.1. The van der Waals surface area contributed by atoms with Gasteiger partial charge in [-0.2, -0.15) is 0 Å². The summed E-state index contributed by atoms with van der Waals surface area (Å²) in [5, 5.41) is 0. The smallest absolute Gasteiger partial charge is 0.344 e. The quantitative estimate of drug-likeness (QED) is 0.0646. The molecule has 11 nitrogen and oxygen atoms in total. The van der Waals surface area contributed by atoms with Crippen molar-refractivity contribution < 1.29 is 46.2 Å². The first kappa shape index (κ1) is 43.4. The van der Waals surface area contributed by atoms with Crippen molar-refractivity contribution in [2.45, 2.75) is 85.9 Å². The third kappa shape index (κ3) is 15.0. The van der Waals surface area contributed by atoms with E-state index in [1.807, 2.05) is 121 Å². The Balaban J connectivity index is 0.000000544. The van der Waals surface area contributed by atoms with E-state index in [1.54, 1.807) is 24.5 Å². The molecule has 0 unspecified atom stereocenters. The van der Waals surface area contributed by atoms with Crippen LogP contribution in [0.15, 0.2) is 141 Å². The van der Waals surface area contributed by atoms with Crippen LogP contribution in [-0.4, -0.2) is 54.3 Å². The van der Waals surface area contributed by atoms with Crippen LogP contribution in [0.2, 0.25) is 0 Å². The summed E-state index contributed by atoms with van der Waals surface area (Å²) >= 11 is 0. The van der Waals surface area contributed by atoms with Crippen molar-refractivity contribution in [1.29, 1.82) is 0 Å². The number of rotatable bonds is 13. The number of hydrogen-bond acceptors (Lipinski definition) is 11. The van der Waals surface area contributed by atoms with E-state index in [1.165, 1.54) is 12.1 Å². The molecule has 0 saturated carbocycles. The van der Waals surface area contributed by atoms with Gasteiger partial charge in [-0.3, -0.25) is 4.98 Å². The van der Waals surface area contributed by atoms with E-state index in [2.05, 4.69) is 17.1 Å². The maximum Gasteiger partial charge on any atom is 0.344 e. The summed E-state index contributed by atoms with van der Waals surface area (Å²) in [5.41, 5.74) is 0.817. The first-order valence-electron chi connectivity index (χ1n) is 17.6. The van der Waals surface area contributed by atoms with Crippen molar-refractivity contribution in [3.05, 3.63) is 133 Å². The second-order valence-corrected chi connectivity index (χ2v) is 17.8. The van der Waals surface area contributed by atoms with E-state index in [4.69, 9.17) is 23.7 Å². The first-order chi connectivity index (χ1) is 26.3. The number of ether oxygens (including phenoxy) is 5. The largest absolute Gasteiger partial charge is 0.744 e. The van der Waals surface area contributed by atoms with Crippen LogP contribution in [0.4, 0.5) is 0 Å². The van der Waals surface area contributed by atoms with Gasteiger partial charge in [0.15, 0.2) is 27.9 Å². The summed E-state index contributed by atoms with van der Waals surface area (Å²) in [7, 11) is -4.76. The van der Waals surface area contributed by atoms with Gasteiger partial charge in [0, 0.05) is 12.4 Å². The number of pyridine rings is 1. The van der Waals surface area contributed by atoms with E-state index >= 15 is 0 Å². The summed E-state index contributed by atoms with van der Waals surface area (Å²) in [6, 6.07) is 33.1. The van der Waals surface area contributed by atoms with Crippen molar-refractivity contribution in [3.8, 4) is 17.2 Å². The normalized spacial score (nSPS) is 11.5. The standard InChI is InChI=1S/C36H40NO7S.C7H8O3S/c1-35(2,3)43-33(38)24-41-28-9-15-31(16-10-28)45(30-13-7-27(8-14-30)40-23-26-19-21-37-22-20-26)32-17-11-29(12-18-32)42-25-34(39)44-36(4,5)6;1-6-2-4-7(5-3-6)11(8,9)10/h7-22H,23-25H2,1-6H3;2-5H,1H3,(H,8,9,10)/q+1;/p-1. The van der Waals surface area contributed by atoms with E-state index in [0.29, 0.717) is 18.1 Å². The molecule has 0 bridgehead atoms. The van der Waals surface area contributed by atoms with Crippen LogP contribution >= 0.6 is 0 Å². The lowest BCUT2D eigenvalue weighted by molar-refractivity contribution is -0.158. The number of carbonyl (C=O) groups excluding carboxylic acids is 2. The van der Waals surface area contributed by atoms with Gasteiger partial charge < -0.3 is 28.2 Å². The summed E-state index contributed by atoms with van der Waals surface area (Å²) in [6.07, 6.45) is 3.49. The molecule has 5 aromatic rings. The molecule has 0 aliphatic carbocycles. The van der Waals surface area contributed by atoms with Crippen molar-refractivity contribution in [1.82, 2.24) is 4.98 Å². The number of benzene rings is 4. The van der Waals surface area contributed by atoms with Crippen LogP contribution in [0.25, 0.3) is 0 Å². The topological polar surface area (TPSA) is 150 Å². The lowest BCUT2D eigenvalue weighted by Crippen LogP contribution is -2.27. The highest BCUT2D eigenvalue weighted by atomic mass is 32.2. The fourth-order valence-electron chi connectivity index (χ4n) is 4.80. The van der Waals surface area contributed by atoms with Crippen molar-refractivity contribution >= 4 is 33.0 Å². The van der Waals surface area contributed by atoms with Crippen molar-refractivity contribution in [2.24, 2.45) is 0 Å². The third-order valence-electron chi connectivity index (χ3n) is 7.20. The van der Waals surface area contributed by atoms with E-state index < -0.39 is 44.2 Å². The zero-order chi connectivity index (χ0) is 40.9. The molecule has 56 heavy (non-hydrogen) atoms. The molecule has 0 amide bonds. The molecule has 296 valence electrons. The van der Waals surface area contributed by atoms with E-state index in [0.717, 1.165) is 31.6 Å². The van der Waals surface area contributed by atoms with Gasteiger partial charge in [-0.1, -0.05) is 17.7 Å². The Labute approximate surface area is 332 Å². The molecule has 0 N–H and O–H groups in total. The number of carbonyl (C=O) groups is 2. The molecule has 0 aliphatic rings. The predicted molar refractivity (Wildman–Crippen MR) is 212 cm³/mol. The Bertz CT molecular complexity index is 2030. The van der Waals surface area contributed by atoms with Gasteiger partial charge in [0.05, 0.1) is 15.8 Å². The van der Waals surface area contributed by atoms with E-state index in [9.17, 15) is 22.6 Å². The van der Waals surface area contributed by atoms with Crippen LogP contribution in [0.3, 0.4) is 0 Å². The molecular formula is C43H47NO10S2. The molecule has 0 saturated heterocycles. The van der Waals surface area contributed by atoms with Crippen LogP contribution in [0.1, 0.15) is 52.7 Å². The predicted octanol–water partition coefficient (Wildman–Crippen LogP) is 8.10. The lowest BCUT2D eigenvalue weighted by Gasteiger charge is -2.19. The molecule has 1 heterocycles. The van der Waals surface area contributed by atoms with Gasteiger partial charge >= 0.3 is 11.9 Å². The molecule has 0 aliphatic heterocycles. The highest BCUT2D eigenvalue weighted by Crippen LogP contribution is 2.34. The summed E-state index contributed by atoms with van der Waals surface area (Å²) in [5.74, 6) is 1.05. The molecule has 13 heteroatoms. The molecule has 4 aromatic carbocycles. The Morgan fingerprint density at radius 1 is 0.589 bits per heavy atom. The highest BCUT2D eigenvalue weighted by molar-refractivity contribution is 7.97. The molecule has 0 radical (unpaired) electrons.